The number of halogens is 1. The van der Waals surface area contributed by atoms with E-state index in [-0.39, 0.29) is 11.9 Å². The molecular formula is C16H20FN3. The zero-order chi connectivity index (χ0) is 14.4. The van der Waals surface area contributed by atoms with Gasteiger partial charge in [0.2, 0.25) is 0 Å². The summed E-state index contributed by atoms with van der Waals surface area (Å²) in [5.41, 5.74) is 3.09. The van der Waals surface area contributed by atoms with Crippen molar-refractivity contribution in [2.24, 2.45) is 0 Å². The summed E-state index contributed by atoms with van der Waals surface area (Å²) < 4.78 is 13.0. The Morgan fingerprint density at radius 2 is 1.95 bits per heavy atom. The van der Waals surface area contributed by atoms with Crippen LogP contribution < -0.4 is 5.32 Å². The molecular weight excluding hydrogens is 253 g/mol. The third kappa shape index (κ3) is 3.84. The van der Waals surface area contributed by atoms with Crippen LogP contribution >= 0.6 is 0 Å². The van der Waals surface area contributed by atoms with Crippen LogP contribution in [0.4, 0.5) is 4.39 Å². The molecule has 0 saturated carbocycles. The fourth-order valence-corrected chi connectivity index (χ4v) is 2.12. The fourth-order valence-electron chi connectivity index (χ4n) is 2.12. The van der Waals surface area contributed by atoms with Crippen molar-refractivity contribution in [2.45, 2.75) is 32.7 Å². The second-order valence-corrected chi connectivity index (χ2v) is 4.73. The highest BCUT2D eigenvalue weighted by Gasteiger charge is 2.13. The summed E-state index contributed by atoms with van der Waals surface area (Å²) in [4.78, 5) is 8.63. The molecule has 3 nitrogen and oxygen atoms in total. The van der Waals surface area contributed by atoms with Gasteiger partial charge in [-0.1, -0.05) is 19.9 Å². The molecule has 0 aliphatic carbocycles. The van der Waals surface area contributed by atoms with Crippen molar-refractivity contribution >= 4 is 0 Å². The summed E-state index contributed by atoms with van der Waals surface area (Å²) >= 11 is 0. The Morgan fingerprint density at radius 1 is 1.10 bits per heavy atom. The average Bonchev–Trinajstić information content (AvgIpc) is 2.48. The molecule has 4 heteroatoms. The van der Waals surface area contributed by atoms with Gasteiger partial charge >= 0.3 is 0 Å². The average molecular weight is 273 g/mol. The predicted octanol–water partition coefficient (Wildman–Crippen LogP) is 3.07. The van der Waals surface area contributed by atoms with Crippen LogP contribution in [0.15, 0.2) is 36.7 Å². The van der Waals surface area contributed by atoms with Gasteiger partial charge in [0.1, 0.15) is 5.82 Å². The van der Waals surface area contributed by atoms with Crippen molar-refractivity contribution in [2.75, 3.05) is 6.54 Å². The zero-order valence-corrected chi connectivity index (χ0v) is 11.9. The summed E-state index contributed by atoms with van der Waals surface area (Å²) in [6, 6.07) is 7.38. The van der Waals surface area contributed by atoms with E-state index in [9.17, 15) is 4.39 Å². The number of rotatable bonds is 6. The minimum atomic E-state index is -0.311. The Morgan fingerprint density at radius 3 is 2.50 bits per heavy atom. The summed E-state index contributed by atoms with van der Waals surface area (Å²) in [6.07, 6.45) is 4.91. The molecule has 2 aromatic heterocycles. The molecule has 2 heterocycles. The summed E-state index contributed by atoms with van der Waals surface area (Å²) in [5, 5.41) is 3.37. The van der Waals surface area contributed by atoms with Crippen LogP contribution in [0.5, 0.6) is 0 Å². The Hall–Kier alpha value is -1.81. The molecule has 0 spiro atoms. The van der Waals surface area contributed by atoms with Crippen LogP contribution in [-0.2, 0) is 12.8 Å². The van der Waals surface area contributed by atoms with E-state index < -0.39 is 0 Å². The first-order valence-corrected chi connectivity index (χ1v) is 7.01. The first kappa shape index (κ1) is 14.6. The van der Waals surface area contributed by atoms with Gasteiger partial charge in [-0.25, -0.2) is 4.39 Å². The highest BCUT2D eigenvalue weighted by molar-refractivity contribution is 5.17. The highest BCUT2D eigenvalue weighted by Crippen LogP contribution is 2.16. The monoisotopic (exact) mass is 273 g/mol. The van der Waals surface area contributed by atoms with Gasteiger partial charge in [0.05, 0.1) is 17.9 Å². The Kier molecular flexibility index (Phi) is 5.18. The van der Waals surface area contributed by atoms with Gasteiger partial charge in [-0.15, -0.1) is 0 Å². The molecule has 106 valence electrons. The molecule has 1 N–H and O–H groups in total. The number of pyridine rings is 2. The van der Waals surface area contributed by atoms with E-state index in [0.717, 1.165) is 30.8 Å². The van der Waals surface area contributed by atoms with Gasteiger partial charge in [-0.3, -0.25) is 9.97 Å². The normalized spacial score (nSPS) is 12.3. The molecule has 0 fully saturated rings. The number of nitrogens with one attached hydrogen (secondary N) is 1. The van der Waals surface area contributed by atoms with Gasteiger partial charge in [-0.2, -0.15) is 0 Å². The first-order chi connectivity index (χ1) is 9.72. The van der Waals surface area contributed by atoms with E-state index in [0.29, 0.717) is 0 Å². The number of aromatic nitrogens is 2. The number of likely N-dealkylation sites (N-methyl/N-ethyl adjacent to an activating group) is 1. The third-order valence-electron chi connectivity index (χ3n) is 3.27. The lowest BCUT2D eigenvalue weighted by Crippen LogP contribution is -2.24. The second kappa shape index (κ2) is 7.10. The third-order valence-corrected chi connectivity index (χ3v) is 3.27. The van der Waals surface area contributed by atoms with Crippen LogP contribution in [0.3, 0.4) is 0 Å². The maximum Gasteiger partial charge on any atom is 0.141 e. The van der Waals surface area contributed by atoms with Crippen molar-refractivity contribution in [1.29, 1.82) is 0 Å². The molecule has 0 amide bonds. The molecule has 20 heavy (non-hydrogen) atoms. The van der Waals surface area contributed by atoms with E-state index in [1.54, 1.807) is 6.07 Å². The van der Waals surface area contributed by atoms with Crippen molar-refractivity contribution in [3.8, 4) is 0 Å². The van der Waals surface area contributed by atoms with Crippen molar-refractivity contribution in [3.05, 3.63) is 59.4 Å². The maximum absolute atomic E-state index is 13.0. The van der Waals surface area contributed by atoms with Crippen molar-refractivity contribution in [1.82, 2.24) is 15.3 Å². The van der Waals surface area contributed by atoms with E-state index >= 15 is 0 Å². The van der Waals surface area contributed by atoms with Crippen molar-refractivity contribution < 1.29 is 4.39 Å². The molecule has 2 aromatic rings. The van der Waals surface area contributed by atoms with Crippen LogP contribution in [0.2, 0.25) is 0 Å². The molecule has 1 atom stereocenters. The Labute approximate surface area is 119 Å². The number of nitrogens with zero attached hydrogens (tertiary/aromatic N) is 2. The minimum Gasteiger partial charge on any atom is -0.309 e. The Bertz CT molecular complexity index is 522. The predicted molar refractivity (Wildman–Crippen MR) is 77.9 cm³/mol. The molecule has 0 radical (unpaired) electrons. The summed E-state index contributed by atoms with van der Waals surface area (Å²) in [5.74, 6) is -0.311. The standard InChI is InChI=1S/C16H20FN3/c1-3-12-5-7-14(19-10-12)9-16(18-4-2)15-8-6-13(17)11-20-15/h5-8,10-11,16,18H,3-4,9H2,1-2H3. The number of aryl methyl sites for hydroxylation is 1. The Balaban J connectivity index is 2.13. The molecule has 0 saturated heterocycles. The largest absolute Gasteiger partial charge is 0.309 e. The molecule has 1 unspecified atom stereocenters. The first-order valence-electron chi connectivity index (χ1n) is 7.01. The molecule has 2 rings (SSSR count). The molecule has 0 aromatic carbocycles. The van der Waals surface area contributed by atoms with Crippen LogP contribution in [0.25, 0.3) is 0 Å². The van der Waals surface area contributed by atoms with Crippen LogP contribution in [0, 0.1) is 5.82 Å². The fraction of sp³-hybridized carbons (Fsp3) is 0.375. The van der Waals surface area contributed by atoms with Crippen LogP contribution in [-0.4, -0.2) is 16.5 Å². The van der Waals surface area contributed by atoms with Gasteiger partial charge in [0.15, 0.2) is 0 Å². The van der Waals surface area contributed by atoms with E-state index in [2.05, 4.69) is 28.3 Å². The number of hydrogen-bond donors (Lipinski definition) is 1. The summed E-state index contributed by atoms with van der Waals surface area (Å²) in [7, 11) is 0. The zero-order valence-electron chi connectivity index (χ0n) is 11.9. The van der Waals surface area contributed by atoms with E-state index in [1.165, 1.54) is 17.8 Å². The lowest BCUT2D eigenvalue weighted by molar-refractivity contribution is 0.526. The molecule has 0 bridgehead atoms. The van der Waals surface area contributed by atoms with E-state index in [4.69, 9.17) is 0 Å². The second-order valence-electron chi connectivity index (χ2n) is 4.73. The lowest BCUT2D eigenvalue weighted by Gasteiger charge is -2.17. The van der Waals surface area contributed by atoms with Gasteiger partial charge in [-0.05, 0) is 36.7 Å². The minimum absolute atomic E-state index is 0.0561. The number of hydrogen-bond acceptors (Lipinski definition) is 3. The summed E-state index contributed by atoms with van der Waals surface area (Å²) in [6.45, 7) is 4.99. The van der Waals surface area contributed by atoms with Gasteiger partial charge < -0.3 is 5.32 Å². The lowest BCUT2D eigenvalue weighted by atomic mass is 10.1. The van der Waals surface area contributed by atoms with Crippen LogP contribution in [0.1, 0.15) is 36.8 Å². The molecule has 0 aliphatic heterocycles. The smallest absolute Gasteiger partial charge is 0.141 e. The van der Waals surface area contributed by atoms with E-state index in [1.807, 2.05) is 19.2 Å². The SMILES string of the molecule is CCNC(Cc1ccc(CC)cn1)c1ccc(F)cn1. The topological polar surface area (TPSA) is 37.8 Å². The highest BCUT2D eigenvalue weighted by atomic mass is 19.1. The van der Waals surface area contributed by atoms with Gasteiger partial charge in [0, 0.05) is 18.3 Å². The maximum atomic E-state index is 13.0. The quantitative estimate of drug-likeness (QED) is 0.879. The van der Waals surface area contributed by atoms with Gasteiger partial charge in [0.25, 0.3) is 0 Å². The molecule has 0 aliphatic rings. The van der Waals surface area contributed by atoms with Crippen molar-refractivity contribution in [3.63, 3.8) is 0 Å².